The van der Waals surface area contributed by atoms with Crippen molar-refractivity contribution in [3.63, 3.8) is 0 Å². The van der Waals surface area contributed by atoms with Crippen LogP contribution in [0.15, 0.2) is 570 Å². The number of rotatable bonds is 10. The lowest BCUT2D eigenvalue weighted by atomic mass is 9.52. The summed E-state index contributed by atoms with van der Waals surface area (Å²) < 4.78 is 4.90. The van der Waals surface area contributed by atoms with Gasteiger partial charge in [0, 0.05) is 32.9 Å². The molecule has 0 bridgehead atoms. The maximum absolute atomic E-state index is 2.57. The van der Waals surface area contributed by atoms with E-state index in [-0.39, 0.29) is 0 Å². The Bertz CT molecular complexity index is 9810. The van der Waals surface area contributed by atoms with Gasteiger partial charge in [-0.1, -0.05) is 485 Å². The fourth-order valence-corrected chi connectivity index (χ4v) is 28.2. The smallest absolute Gasteiger partial charge is 0.0720 e. The molecule has 2 heterocycles. The first-order valence-electron chi connectivity index (χ1n) is 52.5. The van der Waals surface area contributed by atoms with Crippen LogP contribution in [-0.2, 0) is 21.7 Å². The van der Waals surface area contributed by atoms with Gasteiger partial charge in [0.25, 0.3) is 0 Å². The highest BCUT2D eigenvalue weighted by atomic mass is 15.0. The van der Waals surface area contributed by atoms with Gasteiger partial charge in [0.05, 0.1) is 43.7 Å². The van der Waals surface area contributed by atoms with Crippen LogP contribution in [0.1, 0.15) is 89.0 Å². The van der Waals surface area contributed by atoms with Crippen molar-refractivity contribution in [3.05, 3.63) is 659 Å². The molecule has 24 aromatic carbocycles. The van der Waals surface area contributed by atoms with Crippen LogP contribution in [0, 0.1) is 0 Å². The summed E-state index contributed by atoms with van der Waals surface area (Å²) in [4.78, 5) is 0. The molecule has 32 rings (SSSR count). The van der Waals surface area contributed by atoms with Crippen LogP contribution in [0.5, 0.6) is 0 Å². The molecule has 2 heteroatoms. The van der Waals surface area contributed by atoms with E-state index in [2.05, 4.69) is 579 Å². The molecule has 0 fully saturated rings. The minimum Gasteiger partial charge on any atom is -0.309 e. The lowest BCUT2D eigenvalue weighted by Gasteiger charge is -2.49. The van der Waals surface area contributed by atoms with Crippen molar-refractivity contribution in [3.8, 4) is 145 Å². The Morgan fingerprint density at radius 2 is 0.293 bits per heavy atom. The zero-order chi connectivity index (χ0) is 98.5. The molecule has 4 spiro atoms. The summed E-state index contributed by atoms with van der Waals surface area (Å²) in [5, 5.41) is 4.93. The van der Waals surface area contributed by atoms with Gasteiger partial charge in [0.2, 0.25) is 0 Å². The van der Waals surface area contributed by atoms with Crippen molar-refractivity contribution in [2.24, 2.45) is 0 Å². The number of aromatic nitrogens is 2. The third-order valence-corrected chi connectivity index (χ3v) is 34.2. The first kappa shape index (κ1) is 85.3. The molecule has 0 N–H and O–H groups in total. The SMILES string of the molecule is c1ccc(-c2ccc(-n3c4ccc(-c5ccccc5)cc4c4cc(-c5cccc6c5-c5ccccc5C65c6ccc(-c7ccccc7)cc6C6(c7ccccc7-c7ccccc76)c6cc(-c7ccccc7)ccc65)ccc43)cc2)cc1.c1ccc(-c2ccc(-n3c4ccc(-c5ccccc5)cc4c4cc(-c5cccc6c5-c5ccccc5C65c6ccccc6C6(c7ccccc7-c7ccccc76)c6ccccc65)ccc43)cc2)cc1. The first-order valence-corrected chi connectivity index (χ1v) is 52.5. The van der Waals surface area contributed by atoms with Crippen molar-refractivity contribution < 1.29 is 0 Å². The molecule has 6 aliphatic rings. The third-order valence-electron chi connectivity index (χ3n) is 34.2. The van der Waals surface area contributed by atoms with Crippen LogP contribution >= 0.6 is 0 Å². The summed E-state index contributed by atoms with van der Waals surface area (Å²) in [6.07, 6.45) is 0. The van der Waals surface area contributed by atoms with E-state index in [0.717, 1.165) is 11.4 Å². The molecule has 0 atom stereocenters. The summed E-state index contributed by atoms with van der Waals surface area (Å²) in [5.74, 6) is 0. The highest BCUT2D eigenvalue weighted by Gasteiger charge is 2.62. The van der Waals surface area contributed by atoms with Crippen LogP contribution in [0.4, 0.5) is 0 Å². The van der Waals surface area contributed by atoms with Gasteiger partial charge in [0.1, 0.15) is 0 Å². The molecule has 150 heavy (non-hydrogen) atoms. The van der Waals surface area contributed by atoms with E-state index < -0.39 is 21.7 Å². The number of nitrogens with zero attached hydrogens (tertiary/aromatic N) is 2. The van der Waals surface area contributed by atoms with E-state index >= 15 is 0 Å². The van der Waals surface area contributed by atoms with Crippen molar-refractivity contribution in [1.29, 1.82) is 0 Å². The van der Waals surface area contributed by atoms with Gasteiger partial charge in [-0.05, 0) is 307 Å². The summed E-state index contributed by atoms with van der Waals surface area (Å²) in [6, 6.07) is 215. The zero-order valence-corrected chi connectivity index (χ0v) is 82.2. The molecule has 2 nitrogen and oxygen atoms in total. The highest BCUT2D eigenvalue weighted by molar-refractivity contribution is 6.15. The van der Waals surface area contributed by atoms with Crippen molar-refractivity contribution >= 4 is 43.6 Å². The average molecular weight is 1900 g/mol. The van der Waals surface area contributed by atoms with Crippen molar-refractivity contribution in [1.82, 2.24) is 9.13 Å². The van der Waals surface area contributed by atoms with Crippen LogP contribution in [0.3, 0.4) is 0 Å². The van der Waals surface area contributed by atoms with Gasteiger partial charge >= 0.3 is 0 Å². The second-order valence-corrected chi connectivity index (χ2v) is 41.2. The predicted molar refractivity (Wildman–Crippen MR) is 621 cm³/mol. The molecular weight excluding hydrogens is 1810 g/mol. The molecular formula is C148H94N2. The molecule has 0 saturated heterocycles. The van der Waals surface area contributed by atoms with E-state index in [1.54, 1.807) is 0 Å². The lowest BCUT2D eigenvalue weighted by molar-refractivity contribution is 0.633. The second kappa shape index (κ2) is 33.2. The third kappa shape index (κ3) is 12.0. The summed E-state index contributed by atoms with van der Waals surface area (Å²) >= 11 is 0. The largest absolute Gasteiger partial charge is 0.309 e. The van der Waals surface area contributed by atoms with Gasteiger partial charge in [-0.25, -0.2) is 0 Å². The number of benzene rings is 24. The molecule has 696 valence electrons. The van der Waals surface area contributed by atoms with Gasteiger partial charge in [-0.15, -0.1) is 0 Å². The zero-order valence-electron chi connectivity index (χ0n) is 82.2. The Kier molecular flexibility index (Phi) is 18.9. The molecule has 0 amide bonds. The van der Waals surface area contributed by atoms with Gasteiger partial charge in [-0.2, -0.15) is 0 Å². The standard InChI is InChI=1S/C80H51N.C68H43N/c1-5-20-52(21-6-1)56-36-42-61(43-37-56)81-76-46-40-57(53-22-7-2-8-23-53)48-66(76)67-49-60(41-47-77(67)81)62-31-19-35-73-78(62)65-30-15-18-34-70(65)80(73)71-44-38-58(54-24-9-3-10-25-54)50-74(71)79(68-32-16-13-28-63(68)64-29-14-17-33-69(64)79)75-51-59(39-45-72(75)80)55-26-11-4-12-27-55;1-3-18-44(19-4-1)46-34-38-49(39-35-46)69-64-40-36-47(45-20-5-2-6-21-45)42-54(64)55-43-48(37-41-65(55)69)50-25-17-33-63-66(50)53-24-9-12-28-58(53)68(63)61-31-15-13-29-59(61)67(60-30-14-16-32-62(60)68)56-26-10-7-22-51(56)52-23-8-11-27-57(52)67/h1-51H;1-43H. The Hall–Kier alpha value is -19.1. The minimum absolute atomic E-state index is 0.472. The van der Waals surface area contributed by atoms with E-state index in [0.29, 0.717) is 0 Å². The molecule has 0 unspecified atom stereocenters. The molecule has 2 aromatic heterocycles. The fourth-order valence-electron chi connectivity index (χ4n) is 28.2. The van der Waals surface area contributed by atoms with Crippen LogP contribution in [0.2, 0.25) is 0 Å². The van der Waals surface area contributed by atoms with Crippen molar-refractivity contribution in [2.75, 3.05) is 0 Å². The number of hydrogen-bond donors (Lipinski definition) is 0. The summed E-state index contributed by atoms with van der Waals surface area (Å²) in [5.41, 5.74) is 55.9. The number of fused-ring (bicyclic) bond motifs is 38. The van der Waals surface area contributed by atoms with Crippen LogP contribution < -0.4 is 0 Å². The molecule has 6 aliphatic carbocycles. The Morgan fingerprint density at radius 1 is 0.107 bits per heavy atom. The molecule has 0 radical (unpaired) electrons. The monoisotopic (exact) mass is 1900 g/mol. The van der Waals surface area contributed by atoms with Gasteiger partial charge < -0.3 is 9.13 Å². The predicted octanol–water partition coefficient (Wildman–Crippen LogP) is 37.0. The number of hydrogen-bond acceptors (Lipinski definition) is 0. The summed E-state index contributed by atoms with van der Waals surface area (Å²) in [7, 11) is 0. The molecule has 0 saturated carbocycles. The summed E-state index contributed by atoms with van der Waals surface area (Å²) in [6.45, 7) is 0. The van der Waals surface area contributed by atoms with E-state index in [1.807, 2.05) is 0 Å². The Balaban J connectivity index is 0.000000137. The Morgan fingerprint density at radius 3 is 0.593 bits per heavy atom. The Labute approximate surface area is 872 Å². The topological polar surface area (TPSA) is 9.86 Å². The average Bonchev–Trinajstić information content (AvgIpc) is 1.47. The minimum atomic E-state index is -0.675. The normalized spacial score (nSPS) is 13.8. The molecule has 0 aliphatic heterocycles. The second-order valence-electron chi connectivity index (χ2n) is 41.2. The fraction of sp³-hybridized carbons (Fsp3) is 0.0270. The van der Waals surface area contributed by atoms with Crippen molar-refractivity contribution in [2.45, 2.75) is 21.7 Å². The van der Waals surface area contributed by atoms with E-state index in [9.17, 15) is 0 Å². The van der Waals surface area contributed by atoms with Gasteiger partial charge in [0.15, 0.2) is 0 Å². The lowest BCUT2D eigenvalue weighted by Crippen LogP contribution is -2.44. The quantitative estimate of drug-likeness (QED) is 0.129. The maximum atomic E-state index is 2.57. The van der Waals surface area contributed by atoms with E-state index in [4.69, 9.17) is 0 Å². The molecule has 26 aromatic rings. The maximum Gasteiger partial charge on any atom is 0.0720 e. The van der Waals surface area contributed by atoms with E-state index in [1.165, 1.54) is 266 Å². The van der Waals surface area contributed by atoms with Crippen LogP contribution in [0.25, 0.3) is 189 Å². The highest BCUT2D eigenvalue weighted by Crippen LogP contribution is 2.72. The van der Waals surface area contributed by atoms with Crippen LogP contribution in [-0.4, -0.2) is 9.13 Å². The van der Waals surface area contributed by atoms with Gasteiger partial charge in [-0.3, -0.25) is 0 Å². The first-order chi connectivity index (χ1) is 74.4.